The molecule has 1 saturated carbocycles. The first-order valence-corrected chi connectivity index (χ1v) is 4.81. The Morgan fingerprint density at radius 3 is 2.67 bits per heavy atom. The lowest BCUT2D eigenvalue weighted by atomic mass is 10.0. The summed E-state index contributed by atoms with van der Waals surface area (Å²) in [7, 11) is 1.57. The van der Waals surface area contributed by atoms with Crippen molar-refractivity contribution in [2.75, 3.05) is 7.11 Å². The Labute approximate surface area is 95.0 Å². The Hall–Kier alpha value is -0.800. The van der Waals surface area contributed by atoms with E-state index in [9.17, 15) is 4.39 Å². The molecule has 2 rings (SSSR count). The lowest BCUT2D eigenvalue weighted by Gasteiger charge is -2.12. The quantitative estimate of drug-likeness (QED) is 0.868. The van der Waals surface area contributed by atoms with E-state index in [0.29, 0.717) is 17.2 Å². The zero-order valence-electron chi connectivity index (χ0n) is 8.57. The van der Waals surface area contributed by atoms with E-state index in [1.165, 1.54) is 6.07 Å². The minimum Gasteiger partial charge on any atom is -0.497 e. The van der Waals surface area contributed by atoms with Crippen molar-refractivity contribution in [2.24, 2.45) is 11.7 Å². The van der Waals surface area contributed by atoms with E-state index in [2.05, 4.69) is 0 Å². The van der Waals surface area contributed by atoms with Crippen LogP contribution in [0.2, 0.25) is 0 Å². The molecule has 84 valence electrons. The molecule has 1 aromatic rings. The molecule has 15 heavy (non-hydrogen) atoms. The van der Waals surface area contributed by atoms with Gasteiger partial charge in [0.15, 0.2) is 0 Å². The van der Waals surface area contributed by atoms with Crippen molar-refractivity contribution in [3.8, 4) is 5.75 Å². The Bertz CT molecular complexity index is 341. The van der Waals surface area contributed by atoms with Crippen LogP contribution >= 0.6 is 12.4 Å². The van der Waals surface area contributed by atoms with Gasteiger partial charge >= 0.3 is 0 Å². The Morgan fingerprint density at radius 1 is 1.47 bits per heavy atom. The number of benzene rings is 1. The molecule has 1 atom stereocenters. The zero-order chi connectivity index (χ0) is 10.1. The molecule has 0 aromatic heterocycles. The molecule has 0 saturated heterocycles. The molecule has 0 aliphatic heterocycles. The summed E-state index contributed by atoms with van der Waals surface area (Å²) in [4.78, 5) is 0. The summed E-state index contributed by atoms with van der Waals surface area (Å²) in [5, 5.41) is 0. The molecule has 0 radical (unpaired) electrons. The van der Waals surface area contributed by atoms with Gasteiger partial charge in [0.25, 0.3) is 0 Å². The number of hydrogen-bond donors (Lipinski definition) is 1. The lowest BCUT2D eigenvalue weighted by Crippen LogP contribution is -2.14. The Kier molecular flexibility index (Phi) is 3.94. The van der Waals surface area contributed by atoms with Crippen LogP contribution in [0.3, 0.4) is 0 Å². The van der Waals surface area contributed by atoms with E-state index in [4.69, 9.17) is 10.5 Å². The van der Waals surface area contributed by atoms with E-state index in [-0.39, 0.29) is 24.3 Å². The average molecular weight is 232 g/mol. The van der Waals surface area contributed by atoms with Crippen molar-refractivity contribution < 1.29 is 9.13 Å². The van der Waals surface area contributed by atoms with Crippen molar-refractivity contribution >= 4 is 12.4 Å². The van der Waals surface area contributed by atoms with Gasteiger partial charge in [0, 0.05) is 11.6 Å². The van der Waals surface area contributed by atoms with E-state index < -0.39 is 0 Å². The van der Waals surface area contributed by atoms with E-state index in [0.717, 1.165) is 12.8 Å². The predicted molar refractivity (Wildman–Crippen MR) is 59.9 cm³/mol. The number of halogens is 2. The fraction of sp³-hybridized carbons (Fsp3) is 0.455. The molecule has 2 nitrogen and oxygen atoms in total. The summed E-state index contributed by atoms with van der Waals surface area (Å²) >= 11 is 0. The van der Waals surface area contributed by atoms with Crippen LogP contribution in [0.25, 0.3) is 0 Å². The first-order chi connectivity index (χ1) is 6.72. The fourth-order valence-electron chi connectivity index (χ4n) is 1.61. The second-order valence-electron chi connectivity index (χ2n) is 3.75. The summed E-state index contributed by atoms with van der Waals surface area (Å²) in [5.41, 5.74) is 6.50. The maximum absolute atomic E-state index is 13.4. The molecule has 1 aliphatic rings. The molecular weight excluding hydrogens is 217 g/mol. The number of methoxy groups -OCH3 is 1. The zero-order valence-corrected chi connectivity index (χ0v) is 9.39. The average Bonchev–Trinajstić information content (AvgIpc) is 3.01. The van der Waals surface area contributed by atoms with Crippen molar-refractivity contribution in [1.29, 1.82) is 0 Å². The smallest absolute Gasteiger partial charge is 0.128 e. The van der Waals surface area contributed by atoms with Gasteiger partial charge in [-0.3, -0.25) is 0 Å². The first-order valence-electron chi connectivity index (χ1n) is 4.81. The molecule has 0 bridgehead atoms. The second kappa shape index (κ2) is 4.81. The van der Waals surface area contributed by atoms with Gasteiger partial charge in [-0.2, -0.15) is 0 Å². The van der Waals surface area contributed by atoms with Crippen LogP contribution in [0, 0.1) is 11.7 Å². The van der Waals surface area contributed by atoms with Gasteiger partial charge in [-0.15, -0.1) is 12.4 Å². The van der Waals surface area contributed by atoms with Gasteiger partial charge in [0.1, 0.15) is 11.6 Å². The van der Waals surface area contributed by atoms with Crippen LogP contribution in [0.4, 0.5) is 4.39 Å². The van der Waals surface area contributed by atoms with Crippen LogP contribution in [0.5, 0.6) is 5.75 Å². The number of nitrogens with two attached hydrogens (primary N) is 1. The minimum atomic E-state index is -0.231. The molecule has 1 fully saturated rings. The highest BCUT2D eigenvalue weighted by atomic mass is 35.5. The third-order valence-electron chi connectivity index (χ3n) is 2.69. The SMILES string of the molecule is COc1ccc(F)c([C@H](N)C2CC2)c1.Cl. The molecule has 0 spiro atoms. The monoisotopic (exact) mass is 231 g/mol. The predicted octanol–water partition coefficient (Wildman–Crippen LogP) is 2.67. The lowest BCUT2D eigenvalue weighted by molar-refractivity contribution is 0.411. The summed E-state index contributed by atoms with van der Waals surface area (Å²) < 4.78 is 18.4. The highest BCUT2D eigenvalue weighted by Gasteiger charge is 2.31. The third kappa shape index (κ3) is 2.61. The third-order valence-corrected chi connectivity index (χ3v) is 2.69. The highest BCUT2D eigenvalue weighted by Crippen LogP contribution is 2.40. The van der Waals surface area contributed by atoms with E-state index in [1.54, 1.807) is 19.2 Å². The van der Waals surface area contributed by atoms with Crippen molar-refractivity contribution in [2.45, 2.75) is 18.9 Å². The summed E-state index contributed by atoms with van der Waals surface area (Å²) in [5.74, 6) is 0.888. The topological polar surface area (TPSA) is 35.2 Å². The van der Waals surface area contributed by atoms with E-state index in [1.807, 2.05) is 0 Å². The van der Waals surface area contributed by atoms with Crippen LogP contribution < -0.4 is 10.5 Å². The van der Waals surface area contributed by atoms with Gasteiger partial charge in [0.05, 0.1) is 7.11 Å². The molecule has 2 N–H and O–H groups in total. The van der Waals surface area contributed by atoms with Crippen molar-refractivity contribution in [1.82, 2.24) is 0 Å². The largest absolute Gasteiger partial charge is 0.497 e. The normalized spacial score (nSPS) is 16.7. The van der Waals surface area contributed by atoms with Gasteiger partial charge < -0.3 is 10.5 Å². The molecular formula is C11H15ClFNO. The van der Waals surface area contributed by atoms with Gasteiger partial charge in [-0.1, -0.05) is 0 Å². The minimum absolute atomic E-state index is 0. The standard InChI is InChI=1S/C11H14FNO.ClH/c1-14-8-4-5-10(12)9(6-8)11(13)7-2-3-7;/h4-7,11H,2-3,13H2,1H3;1H/t11-;/m1./s1. The van der Waals surface area contributed by atoms with Gasteiger partial charge in [0.2, 0.25) is 0 Å². The first kappa shape index (κ1) is 12.3. The summed E-state index contributed by atoms with van der Waals surface area (Å²) in [6, 6.07) is 4.54. The number of hydrogen-bond acceptors (Lipinski definition) is 2. The van der Waals surface area contributed by atoms with Crippen LogP contribution in [-0.2, 0) is 0 Å². The van der Waals surface area contributed by atoms with E-state index >= 15 is 0 Å². The fourth-order valence-corrected chi connectivity index (χ4v) is 1.61. The van der Waals surface area contributed by atoms with Gasteiger partial charge in [-0.05, 0) is 37.0 Å². The number of rotatable bonds is 3. The maximum atomic E-state index is 13.4. The second-order valence-corrected chi connectivity index (χ2v) is 3.75. The highest BCUT2D eigenvalue weighted by molar-refractivity contribution is 5.85. The molecule has 1 aliphatic carbocycles. The summed E-state index contributed by atoms with van der Waals surface area (Å²) in [6.45, 7) is 0. The molecule has 4 heteroatoms. The molecule has 0 unspecified atom stereocenters. The summed E-state index contributed by atoms with van der Waals surface area (Å²) in [6.07, 6.45) is 2.22. The van der Waals surface area contributed by atoms with Gasteiger partial charge in [-0.25, -0.2) is 4.39 Å². The Balaban J connectivity index is 0.00000112. The number of ether oxygens (including phenoxy) is 1. The van der Waals surface area contributed by atoms with Crippen LogP contribution in [0.15, 0.2) is 18.2 Å². The molecule has 0 amide bonds. The molecule has 0 heterocycles. The van der Waals surface area contributed by atoms with Crippen molar-refractivity contribution in [3.63, 3.8) is 0 Å². The molecule has 1 aromatic carbocycles. The Morgan fingerprint density at radius 2 is 2.13 bits per heavy atom. The van der Waals surface area contributed by atoms with Crippen molar-refractivity contribution in [3.05, 3.63) is 29.6 Å². The maximum Gasteiger partial charge on any atom is 0.128 e. The van der Waals surface area contributed by atoms with Crippen LogP contribution in [-0.4, -0.2) is 7.11 Å². The van der Waals surface area contributed by atoms with Crippen LogP contribution in [0.1, 0.15) is 24.4 Å².